The van der Waals surface area contributed by atoms with Gasteiger partial charge in [-0.2, -0.15) is 0 Å². The van der Waals surface area contributed by atoms with Gasteiger partial charge in [-0.3, -0.25) is 0 Å². The zero-order valence-electron chi connectivity index (χ0n) is 26.3. The number of rotatable bonds is 34. The maximum atomic E-state index is 11.8. The molecule has 8 nitrogen and oxygen atoms in total. The van der Waals surface area contributed by atoms with E-state index in [0.717, 1.165) is 24.3 Å². The van der Waals surface area contributed by atoms with Crippen LogP contribution in [0.25, 0.3) is 0 Å². The molecular formula is C33H59FO8. The maximum absolute atomic E-state index is 11.8. The number of alkyl halides is 1. The van der Waals surface area contributed by atoms with Crippen LogP contribution in [0.2, 0.25) is 0 Å². The lowest BCUT2D eigenvalue weighted by Gasteiger charge is -2.09. The molecule has 0 aromatic heterocycles. The lowest BCUT2D eigenvalue weighted by molar-refractivity contribution is -0.0214. The predicted molar refractivity (Wildman–Crippen MR) is 164 cm³/mol. The minimum absolute atomic E-state index is 0.120. The average molecular weight is 603 g/mol. The number of ether oxygens (including phenoxy) is 8. The largest absolute Gasteiger partial charge is 0.494 e. The van der Waals surface area contributed by atoms with Crippen molar-refractivity contribution in [1.82, 2.24) is 0 Å². The first-order chi connectivity index (χ1) is 20.9. The van der Waals surface area contributed by atoms with Gasteiger partial charge in [0, 0.05) is 0 Å². The van der Waals surface area contributed by atoms with Crippen molar-refractivity contribution in [1.29, 1.82) is 0 Å². The zero-order chi connectivity index (χ0) is 30.0. The van der Waals surface area contributed by atoms with Crippen molar-refractivity contribution in [2.45, 2.75) is 77.7 Å². The lowest BCUT2D eigenvalue weighted by atomic mass is 10.1. The molecule has 0 fully saturated rings. The highest BCUT2D eigenvalue weighted by Crippen LogP contribution is 2.14. The number of halogens is 1. The molecule has 0 aliphatic heterocycles. The van der Waals surface area contributed by atoms with Gasteiger partial charge in [-0.15, -0.1) is 0 Å². The average Bonchev–Trinajstić information content (AvgIpc) is 3.01. The van der Waals surface area contributed by atoms with Crippen LogP contribution in [-0.2, 0) is 39.8 Å². The van der Waals surface area contributed by atoms with E-state index in [4.69, 9.17) is 37.9 Å². The first-order valence-corrected chi connectivity index (χ1v) is 16.2. The van der Waals surface area contributed by atoms with Gasteiger partial charge in [-0.25, -0.2) is 4.39 Å². The van der Waals surface area contributed by atoms with Crippen LogP contribution < -0.4 is 4.74 Å². The number of hydrogen-bond donors (Lipinski definition) is 0. The summed E-state index contributed by atoms with van der Waals surface area (Å²) < 4.78 is 55.6. The minimum Gasteiger partial charge on any atom is -0.494 e. The third-order valence-corrected chi connectivity index (χ3v) is 6.41. The van der Waals surface area contributed by atoms with E-state index in [2.05, 4.69) is 19.1 Å². The Labute approximate surface area is 254 Å². The molecule has 0 saturated carbocycles. The normalized spacial score (nSPS) is 11.4. The summed E-state index contributed by atoms with van der Waals surface area (Å²) in [4.78, 5) is 0. The van der Waals surface area contributed by atoms with Crippen LogP contribution in [0.15, 0.2) is 24.3 Å². The summed E-state index contributed by atoms with van der Waals surface area (Å²) in [5.41, 5.74) is 1.13. The number of unbranched alkanes of at least 4 members (excludes halogenated alkanes) is 9. The van der Waals surface area contributed by atoms with Crippen molar-refractivity contribution in [2.75, 3.05) is 99.2 Å². The van der Waals surface area contributed by atoms with Gasteiger partial charge < -0.3 is 37.9 Å². The maximum Gasteiger partial charge on any atom is 0.119 e. The summed E-state index contributed by atoms with van der Waals surface area (Å²) in [5.74, 6) is 0.924. The second-order valence-corrected chi connectivity index (χ2v) is 10.1. The fourth-order valence-electron chi connectivity index (χ4n) is 4.03. The minimum atomic E-state index is -0.468. The number of benzene rings is 1. The fourth-order valence-corrected chi connectivity index (χ4v) is 4.03. The molecule has 1 rings (SSSR count). The Balaban J connectivity index is 1.78. The molecule has 0 saturated heterocycles. The van der Waals surface area contributed by atoms with Crippen LogP contribution in [0.4, 0.5) is 4.39 Å². The van der Waals surface area contributed by atoms with Crippen LogP contribution in [0, 0.1) is 0 Å². The Morgan fingerprint density at radius 3 is 1.24 bits per heavy atom. The summed E-state index contributed by atoms with van der Waals surface area (Å²) in [6.45, 7) is 9.23. The first-order valence-electron chi connectivity index (χ1n) is 16.2. The van der Waals surface area contributed by atoms with Gasteiger partial charge >= 0.3 is 0 Å². The van der Waals surface area contributed by atoms with E-state index < -0.39 is 6.67 Å². The summed E-state index contributed by atoms with van der Waals surface area (Å²) in [6.07, 6.45) is 13.3. The highest BCUT2D eigenvalue weighted by Gasteiger charge is 1.99. The van der Waals surface area contributed by atoms with Gasteiger partial charge in [0.2, 0.25) is 0 Å². The molecule has 0 bridgehead atoms. The molecule has 9 heteroatoms. The molecular weight excluding hydrogens is 543 g/mol. The van der Waals surface area contributed by atoms with E-state index in [9.17, 15) is 4.39 Å². The highest BCUT2D eigenvalue weighted by molar-refractivity contribution is 5.26. The summed E-state index contributed by atoms with van der Waals surface area (Å²) in [7, 11) is 0. The van der Waals surface area contributed by atoms with Crippen LogP contribution >= 0.6 is 0 Å². The molecule has 0 unspecified atom stereocenters. The Hall–Kier alpha value is -1.33. The lowest BCUT2D eigenvalue weighted by Crippen LogP contribution is -2.14. The van der Waals surface area contributed by atoms with Gasteiger partial charge in [0.05, 0.1) is 99.1 Å². The highest BCUT2D eigenvalue weighted by atomic mass is 19.1. The zero-order valence-corrected chi connectivity index (χ0v) is 26.3. The van der Waals surface area contributed by atoms with Crippen LogP contribution in [0.5, 0.6) is 5.75 Å². The van der Waals surface area contributed by atoms with Crippen molar-refractivity contribution in [3.63, 3.8) is 0 Å². The summed E-state index contributed by atoms with van der Waals surface area (Å²) in [5, 5.41) is 0. The molecule has 0 aliphatic rings. The van der Waals surface area contributed by atoms with Crippen molar-refractivity contribution < 1.29 is 42.3 Å². The third-order valence-electron chi connectivity index (χ3n) is 6.41. The third kappa shape index (κ3) is 27.5. The standard InChI is InChI=1S/C33H59FO8/c1-2-3-4-5-6-7-8-9-10-11-17-42-33-14-12-32(13-15-33)31-41-30-29-40-28-27-39-26-25-38-24-23-37-22-21-36-20-19-35-18-16-34/h12-15H,2-11,16-31H2,1H3. The molecule has 0 radical (unpaired) electrons. The molecule has 1 aromatic rings. The Morgan fingerprint density at radius 1 is 0.429 bits per heavy atom. The summed E-state index contributed by atoms with van der Waals surface area (Å²) in [6, 6.07) is 8.16. The molecule has 0 spiro atoms. The SMILES string of the molecule is CCCCCCCCCCCCOc1ccc(COCCOCCOCCOCCOCCOCCOCCF)cc1. The van der Waals surface area contributed by atoms with Crippen molar-refractivity contribution in [3.8, 4) is 5.75 Å². The molecule has 246 valence electrons. The molecule has 0 aliphatic carbocycles. The van der Waals surface area contributed by atoms with Crippen LogP contribution in [-0.4, -0.2) is 99.2 Å². The second kappa shape index (κ2) is 32.6. The van der Waals surface area contributed by atoms with E-state index in [1.807, 2.05) is 12.1 Å². The number of hydrogen-bond acceptors (Lipinski definition) is 8. The second-order valence-electron chi connectivity index (χ2n) is 10.1. The molecule has 1 aromatic carbocycles. The van der Waals surface area contributed by atoms with Crippen LogP contribution in [0.3, 0.4) is 0 Å². The van der Waals surface area contributed by atoms with Gasteiger partial charge in [0.25, 0.3) is 0 Å². The molecule has 0 amide bonds. The first kappa shape index (κ1) is 38.7. The van der Waals surface area contributed by atoms with Crippen LogP contribution in [0.1, 0.15) is 76.7 Å². The molecule has 0 heterocycles. The monoisotopic (exact) mass is 602 g/mol. The smallest absolute Gasteiger partial charge is 0.119 e. The molecule has 42 heavy (non-hydrogen) atoms. The molecule has 0 atom stereocenters. The van der Waals surface area contributed by atoms with Crippen molar-refractivity contribution >= 4 is 0 Å². The van der Waals surface area contributed by atoms with Gasteiger partial charge in [-0.1, -0.05) is 76.8 Å². The van der Waals surface area contributed by atoms with E-state index in [-0.39, 0.29) is 6.61 Å². The molecule has 0 N–H and O–H groups in total. The van der Waals surface area contributed by atoms with E-state index in [1.54, 1.807) is 0 Å². The van der Waals surface area contributed by atoms with Crippen molar-refractivity contribution in [3.05, 3.63) is 29.8 Å². The van der Waals surface area contributed by atoms with Gasteiger partial charge in [0.1, 0.15) is 12.4 Å². The van der Waals surface area contributed by atoms with Gasteiger partial charge in [-0.05, 0) is 24.1 Å². The fraction of sp³-hybridized carbons (Fsp3) is 0.818. The Bertz CT molecular complexity index is 649. The van der Waals surface area contributed by atoms with E-state index >= 15 is 0 Å². The topological polar surface area (TPSA) is 73.8 Å². The Morgan fingerprint density at radius 2 is 0.810 bits per heavy atom. The predicted octanol–water partition coefficient (Wildman–Crippen LogP) is 6.57. The summed E-state index contributed by atoms with van der Waals surface area (Å²) >= 11 is 0. The van der Waals surface area contributed by atoms with Gasteiger partial charge in [0.15, 0.2) is 0 Å². The van der Waals surface area contributed by atoms with Crippen molar-refractivity contribution in [2.24, 2.45) is 0 Å². The van der Waals surface area contributed by atoms with E-state index in [0.29, 0.717) is 85.9 Å². The Kier molecular flexibility index (Phi) is 30.0. The van der Waals surface area contributed by atoms with E-state index in [1.165, 1.54) is 57.8 Å². The quantitative estimate of drug-likeness (QED) is 0.0820.